The molecule has 0 radical (unpaired) electrons. The van der Waals surface area contributed by atoms with Gasteiger partial charge >= 0.3 is 0 Å². The molecule has 0 atom stereocenters. The van der Waals surface area contributed by atoms with E-state index in [0.717, 1.165) is 43.0 Å². The lowest BCUT2D eigenvalue weighted by Gasteiger charge is -2.40. The number of H-pyrrole nitrogens is 1. The molecule has 1 saturated heterocycles. The van der Waals surface area contributed by atoms with E-state index in [1.54, 1.807) is 0 Å². The molecule has 1 aliphatic heterocycles. The van der Waals surface area contributed by atoms with Crippen LogP contribution in [0.15, 0.2) is 89.7 Å². The summed E-state index contributed by atoms with van der Waals surface area (Å²) < 4.78 is 0. The summed E-state index contributed by atoms with van der Waals surface area (Å²) in [6.45, 7) is 9.74. The van der Waals surface area contributed by atoms with Crippen LogP contribution in [0.5, 0.6) is 0 Å². The third-order valence-electron chi connectivity index (χ3n) is 7.45. The predicted octanol–water partition coefficient (Wildman–Crippen LogP) is 5.70. The van der Waals surface area contributed by atoms with Crippen LogP contribution in [-0.2, 0) is 6.42 Å². The molecule has 0 spiro atoms. The Kier molecular flexibility index (Phi) is 7.52. The third-order valence-corrected chi connectivity index (χ3v) is 7.45. The first-order chi connectivity index (χ1) is 18.0. The lowest BCUT2D eigenvalue weighted by Crippen LogP contribution is -2.48. The molecule has 5 rings (SSSR count). The Bertz CT molecular complexity index is 1320. The van der Waals surface area contributed by atoms with Crippen LogP contribution in [0.1, 0.15) is 59.3 Å². The van der Waals surface area contributed by atoms with Crippen molar-refractivity contribution in [2.45, 2.75) is 39.2 Å². The van der Waals surface area contributed by atoms with Gasteiger partial charge in [-0.2, -0.15) is 0 Å². The van der Waals surface area contributed by atoms with Crippen molar-refractivity contribution >= 4 is 5.95 Å². The largest absolute Gasteiger partial charge is 0.340 e. The zero-order valence-electron chi connectivity index (χ0n) is 22.0. The fraction of sp³-hybridized carbons (Fsp3) is 0.312. The number of aromatic nitrogens is 2. The molecule has 1 N–H and O–H groups in total. The number of nitrogens with one attached hydrogen (secondary N) is 1. The van der Waals surface area contributed by atoms with Crippen molar-refractivity contribution in [1.29, 1.82) is 0 Å². The molecular formula is C32H36N4O. The SMILES string of the molecule is Cc1nc(N2CCN(C(c3ccccc3)c3ccccc3)CC2)[nH]c(=O)c1Cc1ccc(C(C)C)cc1. The minimum atomic E-state index is -0.0377. The van der Waals surface area contributed by atoms with E-state index in [1.165, 1.54) is 16.7 Å². The number of anilines is 1. The summed E-state index contributed by atoms with van der Waals surface area (Å²) in [7, 11) is 0. The Labute approximate surface area is 219 Å². The summed E-state index contributed by atoms with van der Waals surface area (Å²) in [5.74, 6) is 1.17. The summed E-state index contributed by atoms with van der Waals surface area (Å²) in [6, 6.07) is 30.2. The van der Waals surface area contributed by atoms with Crippen molar-refractivity contribution in [2.24, 2.45) is 0 Å². The molecule has 2 heterocycles. The molecule has 5 heteroatoms. The maximum atomic E-state index is 13.1. The first-order valence-corrected chi connectivity index (χ1v) is 13.3. The van der Waals surface area contributed by atoms with E-state index < -0.39 is 0 Å². The Morgan fingerprint density at radius 3 is 1.86 bits per heavy atom. The van der Waals surface area contributed by atoms with E-state index >= 15 is 0 Å². The van der Waals surface area contributed by atoms with Crippen LogP contribution in [0.3, 0.4) is 0 Å². The number of hydrogen-bond acceptors (Lipinski definition) is 4. The van der Waals surface area contributed by atoms with Crippen molar-refractivity contribution in [2.75, 3.05) is 31.1 Å². The minimum Gasteiger partial charge on any atom is -0.340 e. The number of benzene rings is 3. The van der Waals surface area contributed by atoms with Gasteiger partial charge in [-0.05, 0) is 35.1 Å². The van der Waals surface area contributed by atoms with Crippen molar-refractivity contribution in [3.63, 3.8) is 0 Å². The number of piperazine rings is 1. The van der Waals surface area contributed by atoms with Gasteiger partial charge in [-0.25, -0.2) is 4.98 Å². The van der Waals surface area contributed by atoms with Gasteiger partial charge in [0.25, 0.3) is 5.56 Å². The Balaban J connectivity index is 1.30. The fourth-order valence-corrected chi connectivity index (χ4v) is 5.25. The molecule has 190 valence electrons. The van der Waals surface area contributed by atoms with Crippen LogP contribution in [0.4, 0.5) is 5.95 Å². The first-order valence-electron chi connectivity index (χ1n) is 13.3. The maximum Gasteiger partial charge on any atom is 0.256 e. The van der Waals surface area contributed by atoms with Gasteiger partial charge in [-0.3, -0.25) is 14.7 Å². The maximum absolute atomic E-state index is 13.1. The zero-order valence-corrected chi connectivity index (χ0v) is 22.0. The summed E-state index contributed by atoms with van der Waals surface area (Å²) in [4.78, 5) is 25.8. The summed E-state index contributed by atoms with van der Waals surface area (Å²) in [5, 5.41) is 0. The van der Waals surface area contributed by atoms with E-state index in [9.17, 15) is 4.79 Å². The Morgan fingerprint density at radius 1 is 0.784 bits per heavy atom. The molecule has 0 amide bonds. The predicted molar refractivity (Wildman–Crippen MR) is 151 cm³/mol. The molecule has 0 bridgehead atoms. The number of rotatable bonds is 7. The monoisotopic (exact) mass is 492 g/mol. The van der Waals surface area contributed by atoms with Crippen molar-refractivity contribution in [3.05, 3.63) is 129 Å². The van der Waals surface area contributed by atoms with Crippen molar-refractivity contribution in [3.8, 4) is 0 Å². The molecular weight excluding hydrogens is 456 g/mol. The summed E-state index contributed by atoms with van der Waals surface area (Å²) in [6.07, 6.45) is 0.594. The number of aryl methyl sites for hydroxylation is 1. The van der Waals surface area contributed by atoms with Crippen LogP contribution in [-0.4, -0.2) is 41.0 Å². The van der Waals surface area contributed by atoms with Gasteiger partial charge in [-0.15, -0.1) is 0 Å². The average Bonchev–Trinajstić information content (AvgIpc) is 2.93. The molecule has 3 aromatic carbocycles. The van der Waals surface area contributed by atoms with Crippen LogP contribution in [0.25, 0.3) is 0 Å². The van der Waals surface area contributed by atoms with Gasteiger partial charge in [0, 0.05) is 38.2 Å². The summed E-state index contributed by atoms with van der Waals surface area (Å²) >= 11 is 0. The van der Waals surface area contributed by atoms with E-state index in [0.29, 0.717) is 18.3 Å². The number of aromatic amines is 1. The number of hydrogen-bond donors (Lipinski definition) is 1. The highest BCUT2D eigenvalue weighted by molar-refractivity contribution is 5.38. The third kappa shape index (κ3) is 5.67. The molecule has 0 saturated carbocycles. The average molecular weight is 493 g/mol. The lowest BCUT2D eigenvalue weighted by molar-refractivity contribution is 0.211. The van der Waals surface area contributed by atoms with Crippen LogP contribution in [0, 0.1) is 6.92 Å². The molecule has 1 aliphatic rings. The number of nitrogens with zero attached hydrogens (tertiary/aromatic N) is 3. The van der Waals surface area contributed by atoms with Gasteiger partial charge < -0.3 is 4.90 Å². The molecule has 0 aliphatic carbocycles. The van der Waals surface area contributed by atoms with Gasteiger partial charge in [-0.1, -0.05) is 98.8 Å². The molecule has 1 aromatic heterocycles. The zero-order chi connectivity index (χ0) is 25.8. The van der Waals surface area contributed by atoms with Crippen LogP contribution in [0.2, 0.25) is 0 Å². The normalized spacial score (nSPS) is 14.5. The molecule has 1 fully saturated rings. The Hall–Kier alpha value is -3.70. The second-order valence-corrected chi connectivity index (χ2v) is 10.3. The van der Waals surface area contributed by atoms with Gasteiger partial charge in [0.1, 0.15) is 0 Å². The molecule has 0 unspecified atom stereocenters. The quantitative estimate of drug-likeness (QED) is 0.359. The lowest BCUT2D eigenvalue weighted by atomic mass is 9.96. The minimum absolute atomic E-state index is 0.0377. The second kappa shape index (κ2) is 11.1. The van der Waals surface area contributed by atoms with E-state index in [-0.39, 0.29) is 11.6 Å². The Morgan fingerprint density at radius 2 is 1.35 bits per heavy atom. The van der Waals surface area contributed by atoms with Crippen LogP contribution >= 0.6 is 0 Å². The highest BCUT2D eigenvalue weighted by Gasteiger charge is 2.27. The van der Waals surface area contributed by atoms with E-state index in [1.807, 2.05) is 6.92 Å². The highest BCUT2D eigenvalue weighted by atomic mass is 16.1. The summed E-state index contributed by atoms with van der Waals surface area (Å²) in [5.41, 5.74) is 6.56. The second-order valence-electron chi connectivity index (χ2n) is 10.3. The van der Waals surface area contributed by atoms with Gasteiger partial charge in [0.05, 0.1) is 11.7 Å². The standard InChI is InChI=1S/C32H36N4O/c1-23(2)26-16-14-25(15-17-26)22-29-24(3)33-32(34-31(29)37)36-20-18-35(19-21-36)30(27-10-6-4-7-11-27)28-12-8-5-9-13-28/h4-17,23,30H,18-22H2,1-3H3,(H,33,34,37). The van der Waals surface area contributed by atoms with Gasteiger partial charge in [0.15, 0.2) is 0 Å². The van der Waals surface area contributed by atoms with Crippen molar-refractivity contribution in [1.82, 2.24) is 14.9 Å². The molecule has 5 nitrogen and oxygen atoms in total. The fourth-order valence-electron chi connectivity index (χ4n) is 5.25. The van der Waals surface area contributed by atoms with Crippen molar-refractivity contribution < 1.29 is 0 Å². The van der Waals surface area contributed by atoms with E-state index in [2.05, 4.69) is 114 Å². The molecule has 4 aromatic rings. The van der Waals surface area contributed by atoms with Crippen LogP contribution < -0.4 is 10.5 Å². The highest BCUT2D eigenvalue weighted by Crippen LogP contribution is 2.30. The topological polar surface area (TPSA) is 52.2 Å². The first kappa shape index (κ1) is 25.0. The van der Waals surface area contributed by atoms with Gasteiger partial charge in [0.2, 0.25) is 5.95 Å². The van der Waals surface area contributed by atoms with E-state index in [4.69, 9.17) is 4.98 Å². The smallest absolute Gasteiger partial charge is 0.256 e. The molecule has 37 heavy (non-hydrogen) atoms.